The fourth-order valence-electron chi connectivity index (χ4n) is 6.90. The summed E-state index contributed by atoms with van der Waals surface area (Å²) in [4.78, 5) is 41.7. The van der Waals surface area contributed by atoms with Gasteiger partial charge in [0, 0.05) is 24.3 Å². The maximum Gasteiger partial charge on any atom is 0.270 e. The lowest BCUT2D eigenvalue weighted by Crippen LogP contribution is -2.46. The number of hydrazine groups is 1. The lowest BCUT2D eigenvalue weighted by atomic mass is 9.63. The fourth-order valence-corrected chi connectivity index (χ4v) is 6.90. The summed E-state index contributed by atoms with van der Waals surface area (Å²) < 4.78 is 0. The molecule has 3 fully saturated rings. The van der Waals surface area contributed by atoms with Crippen LogP contribution < -0.4 is 10.3 Å². The van der Waals surface area contributed by atoms with E-state index in [0.717, 1.165) is 29.2 Å². The largest absolute Gasteiger partial charge is 0.363 e. The summed E-state index contributed by atoms with van der Waals surface area (Å²) in [7, 11) is 0. The van der Waals surface area contributed by atoms with Gasteiger partial charge in [0.25, 0.3) is 17.7 Å². The molecule has 6 atom stereocenters. The number of carbonyl (C=O) groups excluding carboxylic acids is 3. The van der Waals surface area contributed by atoms with E-state index in [1.807, 2.05) is 48.5 Å². The molecule has 0 aromatic heterocycles. The van der Waals surface area contributed by atoms with Crippen molar-refractivity contribution in [2.24, 2.45) is 35.5 Å². The van der Waals surface area contributed by atoms with Gasteiger partial charge in [0.1, 0.15) is 0 Å². The van der Waals surface area contributed by atoms with E-state index < -0.39 is 5.91 Å². The Morgan fingerprint density at radius 2 is 1.26 bits per heavy atom. The monoisotopic (exact) mass is 503 g/mol. The number of para-hydroxylation sites is 1. The van der Waals surface area contributed by atoms with Crippen LogP contribution in [0.15, 0.2) is 97.1 Å². The molecule has 4 aliphatic carbocycles. The molecule has 1 aliphatic heterocycles. The zero-order valence-corrected chi connectivity index (χ0v) is 20.9. The molecule has 0 spiro atoms. The molecule has 6 nitrogen and oxygen atoms in total. The highest BCUT2D eigenvalue weighted by Crippen LogP contribution is 2.65. The number of nitrogens with one attached hydrogen (secondary N) is 1. The summed E-state index contributed by atoms with van der Waals surface area (Å²) in [5.74, 6) is -0.260. The summed E-state index contributed by atoms with van der Waals surface area (Å²) in [6, 6.07) is 28.0. The number of nitrogens with zero attached hydrogens (tertiary/aromatic N) is 2. The van der Waals surface area contributed by atoms with Crippen molar-refractivity contribution >= 4 is 23.4 Å². The Morgan fingerprint density at radius 3 is 1.84 bits per heavy atom. The molecular formula is C32H29N3O3. The average molecular weight is 504 g/mol. The van der Waals surface area contributed by atoms with Crippen LogP contribution in [0.4, 0.5) is 5.69 Å². The van der Waals surface area contributed by atoms with Gasteiger partial charge >= 0.3 is 0 Å². The first-order valence-electron chi connectivity index (χ1n) is 13.4. The van der Waals surface area contributed by atoms with Gasteiger partial charge in [-0.25, -0.2) is 0 Å². The molecule has 38 heavy (non-hydrogen) atoms. The van der Waals surface area contributed by atoms with Crippen molar-refractivity contribution in [2.45, 2.75) is 19.5 Å². The molecule has 190 valence electrons. The van der Waals surface area contributed by atoms with Gasteiger partial charge in [0.05, 0.1) is 11.8 Å². The highest BCUT2D eigenvalue weighted by Gasteiger charge is 2.67. The Kier molecular flexibility index (Phi) is 5.43. The van der Waals surface area contributed by atoms with Gasteiger partial charge in [0.15, 0.2) is 0 Å². The van der Waals surface area contributed by atoms with Crippen molar-refractivity contribution in [1.82, 2.24) is 10.4 Å². The van der Waals surface area contributed by atoms with Crippen LogP contribution in [0.2, 0.25) is 0 Å². The van der Waals surface area contributed by atoms with Crippen LogP contribution >= 0.6 is 0 Å². The van der Waals surface area contributed by atoms with Crippen molar-refractivity contribution in [3.05, 3.63) is 114 Å². The van der Waals surface area contributed by atoms with E-state index in [9.17, 15) is 14.4 Å². The van der Waals surface area contributed by atoms with Crippen LogP contribution in [-0.4, -0.2) is 22.7 Å². The third-order valence-electron chi connectivity index (χ3n) is 8.80. The summed E-state index contributed by atoms with van der Waals surface area (Å²) in [5.41, 5.74) is 6.44. The summed E-state index contributed by atoms with van der Waals surface area (Å²) in [6.07, 6.45) is 5.37. The minimum Gasteiger partial charge on any atom is -0.363 e. The van der Waals surface area contributed by atoms with Crippen LogP contribution in [0, 0.1) is 35.5 Å². The van der Waals surface area contributed by atoms with Crippen molar-refractivity contribution in [3.8, 4) is 0 Å². The molecule has 3 aromatic carbocycles. The fraction of sp³-hybridized carbons (Fsp3) is 0.281. The van der Waals surface area contributed by atoms with Crippen LogP contribution in [0.1, 0.15) is 27.9 Å². The topological polar surface area (TPSA) is 69.7 Å². The van der Waals surface area contributed by atoms with Gasteiger partial charge in [-0.3, -0.25) is 19.8 Å². The van der Waals surface area contributed by atoms with Gasteiger partial charge < -0.3 is 4.90 Å². The number of benzene rings is 3. The molecule has 3 aromatic rings. The molecule has 5 aliphatic rings. The molecule has 3 amide bonds. The minimum absolute atomic E-state index is 0.135. The number of carbonyl (C=O) groups is 3. The number of hydrogen-bond acceptors (Lipinski definition) is 4. The second-order valence-corrected chi connectivity index (χ2v) is 11.0. The first kappa shape index (κ1) is 23.0. The number of rotatable bonds is 7. The lowest BCUT2D eigenvalue weighted by molar-refractivity contribution is -0.143. The Bertz CT molecular complexity index is 1380. The van der Waals surface area contributed by atoms with E-state index in [-0.39, 0.29) is 35.5 Å². The van der Waals surface area contributed by atoms with E-state index in [1.54, 1.807) is 12.1 Å². The second kappa shape index (κ2) is 8.98. The van der Waals surface area contributed by atoms with Crippen LogP contribution in [0.3, 0.4) is 0 Å². The van der Waals surface area contributed by atoms with E-state index in [1.165, 1.54) is 5.56 Å². The van der Waals surface area contributed by atoms with E-state index in [2.05, 4.69) is 46.7 Å². The number of imide groups is 1. The third kappa shape index (κ3) is 3.83. The standard InChI is InChI=1S/C32H29N3O3/c36-30(33-35-31(37)28-24-15-16-25(27-17-26(24)27)29(28)32(35)38)22-13-11-21(12-14-22)19-34(23-9-5-2-6-10-23)18-20-7-3-1-4-8-20/h1-16,24-29H,17-19H2,(H,33,36)/t24-,25+,26?,27?,28-,29+. The molecule has 6 heteroatoms. The zero-order valence-electron chi connectivity index (χ0n) is 20.9. The minimum atomic E-state index is -0.438. The maximum atomic E-state index is 13.2. The summed E-state index contributed by atoms with van der Waals surface area (Å²) in [5, 5.41) is 1.00. The molecular weight excluding hydrogens is 474 g/mol. The molecule has 2 bridgehead atoms. The molecule has 2 saturated carbocycles. The van der Waals surface area contributed by atoms with Crippen LogP contribution in [0.5, 0.6) is 0 Å². The lowest BCUT2D eigenvalue weighted by Gasteiger charge is -2.37. The number of anilines is 1. The summed E-state index contributed by atoms with van der Waals surface area (Å²) in [6.45, 7) is 1.43. The highest BCUT2D eigenvalue weighted by atomic mass is 16.2. The Labute approximate surface area is 221 Å². The normalized spacial score (nSPS) is 28.2. The Balaban J connectivity index is 1.05. The first-order chi connectivity index (χ1) is 18.6. The quantitative estimate of drug-likeness (QED) is 0.378. The van der Waals surface area contributed by atoms with Crippen LogP contribution in [0.25, 0.3) is 0 Å². The molecule has 1 heterocycles. The molecule has 1 N–H and O–H groups in total. The van der Waals surface area contributed by atoms with Crippen molar-refractivity contribution < 1.29 is 14.4 Å². The maximum absolute atomic E-state index is 13.2. The third-order valence-corrected chi connectivity index (χ3v) is 8.80. The SMILES string of the molecule is O=C(NN1C(=O)[C@@H]2[C@H](C1=O)[C@@H]1C=C[C@H]2C2CC21)c1ccc(CN(Cc2ccccc2)c2ccccc2)cc1. The molecule has 0 radical (unpaired) electrons. The second-order valence-electron chi connectivity index (χ2n) is 11.0. The Morgan fingerprint density at radius 1 is 0.737 bits per heavy atom. The average Bonchev–Trinajstić information content (AvgIpc) is 3.75. The number of allylic oxidation sites excluding steroid dienone is 2. The zero-order chi connectivity index (χ0) is 25.8. The first-order valence-corrected chi connectivity index (χ1v) is 13.4. The van der Waals surface area contributed by atoms with E-state index >= 15 is 0 Å². The van der Waals surface area contributed by atoms with Crippen molar-refractivity contribution in [2.75, 3.05) is 4.90 Å². The predicted molar refractivity (Wildman–Crippen MR) is 143 cm³/mol. The van der Waals surface area contributed by atoms with E-state index in [4.69, 9.17) is 0 Å². The number of hydrogen-bond donors (Lipinski definition) is 1. The van der Waals surface area contributed by atoms with Gasteiger partial charge in [-0.2, -0.15) is 5.01 Å². The van der Waals surface area contributed by atoms with Gasteiger partial charge in [0.2, 0.25) is 0 Å². The highest BCUT2D eigenvalue weighted by molar-refractivity contribution is 6.08. The predicted octanol–water partition coefficient (Wildman–Crippen LogP) is 4.59. The van der Waals surface area contributed by atoms with Crippen LogP contribution in [-0.2, 0) is 22.7 Å². The summed E-state index contributed by atoms with van der Waals surface area (Å²) >= 11 is 0. The number of amides is 3. The van der Waals surface area contributed by atoms with Gasteiger partial charge in [-0.15, -0.1) is 0 Å². The van der Waals surface area contributed by atoms with Gasteiger partial charge in [-0.1, -0.05) is 72.8 Å². The molecule has 1 saturated heterocycles. The smallest absolute Gasteiger partial charge is 0.270 e. The molecule has 8 rings (SSSR count). The van der Waals surface area contributed by atoms with Crippen molar-refractivity contribution in [3.63, 3.8) is 0 Å². The van der Waals surface area contributed by atoms with E-state index in [0.29, 0.717) is 23.9 Å². The molecule has 2 unspecified atom stereocenters. The van der Waals surface area contributed by atoms with Crippen molar-refractivity contribution in [1.29, 1.82) is 0 Å². The van der Waals surface area contributed by atoms with Gasteiger partial charge in [-0.05, 0) is 65.5 Å². The Hall–Kier alpha value is -4.19.